The van der Waals surface area contributed by atoms with Gasteiger partial charge in [-0.25, -0.2) is 4.68 Å². The molecule has 0 fully saturated rings. The highest BCUT2D eigenvalue weighted by atomic mass is 16.1. The van der Waals surface area contributed by atoms with E-state index in [1.54, 1.807) is 10.7 Å². The Morgan fingerprint density at radius 2 is 2.20 bits per heavy atom. The predicted octanol–water partition coefficient (Wildman–Crippen LogP) is 2.31. The molecule has 0 bridgehead atoms. The number of nitrogens with zero attached hydrogens (tertiary/aromatic N) is 1. The van der Waals surface area contributed by atoms with Gasteiger partial charge in [0.25, 0.3) is 5.56 Å². The third-order valence-electron chi connectivity index (χ3n) is 2.94. The van der Waals surface area contributed by atoms with Crippen LogP contribution < -0.4 is 5.56 Å². The molecule has 1 N–H and O–H groups in total. The van der Waals surface area contributed by atoms with Crippen molar-refractivity contribution < 1.29 is 0 Å². The average molecular weight is 204 g/mol. The molecule has 1 aromatic rings. The first kappa shape index (κ1) is 10.0. The van der Waals surface area contributed by atoms with E-state index in [4.69, 9.17) is 0 Å². The van der Waals surface area contributed by atoms with Crippen molar-refractivity contribution in [3.05, 3.63) is 39.8 Å². The number of hydrogen-bond donors (Lipinski definition) is 1. The fourth-order valence-corrected chi connectivity index (χ4v) is 1.78. The quantitative estimate of drug-likeness (QED) is 0.749. The minimum atomic E-state index is 0.0114. The van der Waals surface area contributed by atoms with E-state index in [1.165, 1.54) is 5.57 Å². The summed E-state index contributed by atoms with van der Waals surface area (Å²) in [6, 6.07) is 1.61. The molecule has 0 saturated carbocycles. The second kappa shape index (κ2) is 3.57. The lowest BCUT2D eigenvalue weighted by atomic mass is 9.93. The van der Waals surface area contributed by atoms with Crippen molar-refractivity contribution in [3.8, 4) is 0 Å². The Hall–Kier alpha value is -1.51. The van der Waals surface area contributed by atoms with Gasteiger partial charge in [0.15, 0.2) is 0 Å². The SMILES string of the molecule is CC1=CC(n2[nH]c(C)cc2=O)=CCC1C. The summed E-state index contributed by atoms with van der Waals surface area (Å²) in [6.07, 6.45) is 5.18. The molecular formula is C12H16N2O. The summed E-state index contributed by atoms with van der Waals surface area (Å²) in [4.78, 5) is 11.6. The Kier molecular flexibility index (Phi) is 2.39. The van der Waals surface area contributed by atoms with Gasteiger partial charge in [0.2, 0.25) is 0 Å². The fourth-order valence-electron chi connectivity index (χ4n) is 1.78. The van der Waals surface area contributed by atoms with Crippen molar-refractivity contribution in [1.82, 2.24) is 9.78 Å². The van der Waals surface area contributed by atoms with E-state index in [0.717, 1.165) is 17.8 Å². The van der Waals surface area contributed by atoms with Crippen LogP contribution in [0.25, 0.3) is 5.70 Å². The Morgan fingerprint density at radius 3 is 2.73 bits per heavy atom. The van der Waals surface area contributed by atoms with Crippen molar-refractivity contribution in [2.24, 2.45) is 5.92 Å². The van der Waals surface area contributed by atoms with Gasteiger partial charge in [-0.05, 0) is 32.3 Å². The number of nitrogens with one attached hydrogen (secondary N) is 1. The molecule has 1 aliphatic rings. The minimum Gasteiger partial charge on any atom is -0.295 e. The second-order valence-electron chi connectivity index (χ2n) is 4.27. The Bertz CT molecular complexity index is 488. The van der Waals surface area contributed by atoms with Crippen LogP contribution in [0.4, 0.5) is 0 Å². The Morgan fingerprint density at radius 1 is 1.47 bits per heavy atom. The first-order valence-corrected chi connectivity index (χ1v) is 5.25. The summed E-state index contributed by atoms with van der Waals surface area (Å²) in [5.41, 5.74) is 3.19. The van der Waals surface area contributed by atoms with Gasteiger partial charge in [0, 0.05) is 11.8 Å². The van der Waals surface area contributed by atoms with E-state index in [1.807, 2.05) is 6.92 Å². The van der Waals surface area contributed by atoms with Gasteiger partial charge in [-0.1, -0.05) is 18.6 Å². The zero-order chi connectivity index (χ0) is 11.0. The third kappa shape index (κ3) is 1.82. The topological polar surface area (TPSA) is 37.8 Å². The normalized spacial score (nSPS) is 21.1. The molecule has 3 heteroatoms. The van der Waals surface area contributed by atoms with E-state index in [-0.39, 0.29) is 5.56 Å². The van der Waals surface area contributed by atoms with Crippen molar-refractivity contribution in [2.75, 3.05) is 0 Å². The molecule has 2 rings (SSSR count). The Labute approximate surface area is 89.1 Å². The molecule has 1 heterocycles. The number of allylic oxidation sites excluding steroid dienone is 4. The maximum Gasteiger partial charge on any atom is 0.271 e. The Balaban J connectivity index is 2.42. The molecular weight excluding hydrogens is 188 g/mol. The van der Waals surface area contributed by atoms with Crippen molar-refractivity contribution in [2.45, 2.75) is 27.2 Å². The lowest BCUT2D eigenvalue weighted by Gasteiger charge is -2.17. The molecule has 0 amide bonds. The molecule has 0 saturated heterocycles. The average Bonchev–Trinajstić information content (AvgIpc) is 2.50. The van der Waals surface area contributed by atoms with E-state index in [9.17, 15) is 4.79 Å². The molecule has 1 aromatic heterocycles. The van der Waals surface area contributed by atoms with E-state index < -0.39 is 0 Å². The first-order chi connectivity index (χ1) is 7.08. The number of aryl methyl sites for hydroxylation is 1. The maximum absolute atomic E-state index is 11.6. The van der Waals surface area contributed by atoms with Crippen molar-refractivity contribution in [3.63, 3.8) is 0 Å². The van der Waals surface area contributed by atoms with Gasteiger partial charge in [-0.15, -0.1) is 0 Å². The van der Waals surface area contributed by atoms with Gasteiger partial charge >= 0.3 is 0 Å². The molecule has 1 unspecified atom stereocenters. The molecule has 80 valence electrons. The number of aromatic amines is 1. The molecule has 0 aliphatic heterocycles. The van der Waals surface area contributed by atoms with Crippen LogP contribution in [-0.2, 0) is 0 Å². The zero-order valence-electron chi connectivity index (χ0n) is 9.37. The summed E-state index contributed by atoms with van der Waals surface area (Å²) >= 11 is 0. The number of hydrogen-bond acceptors (Lipinski definition) is 1. The molecule has 15 heavy (non-hydrogen) atoms. The molecule has 1 aliphatic carbocycles. The molecule has 0 radical (unpaired) electrons. The summed E-state index contributed by atoms with van der Waals surface area (Å²) in [5.74, 6) is 0.584. The van der Waals surface area contributed by atoms with E-state index in [0.29, 0.717) is 5.92 Å². The summed E-state index contributed by atoms with van der Waals surface area (Å²) in [7, 11) is 0. The molecule has 0 aromatic carbocycles. The fraction of sp³-hybridized carbons (Fsp3) is 0.417. The second-order valence-corrected chi connectivity index (χ2v) is 4.27. The van der Waals surface area contributed by atoms with Crippen LogP contribution in [0.3, 0.4) is 0 Å². The standard InChI is InChI=1S/C12H16N2O/c1-8-4-5-11(6-9(8)2)14-12(15)7-10(3)13-14/h5-8,13H,4H2,1-3H3. The molecule has 1 atom stereocenters. The predicted molar refractivity (Wildman–Crippen MR) is 61.6 cm³/mol. The van der Waals surface area contributed by atoms with Gasteiger partial charge in [0.1, 0.15) is 0 Å². The largest absolute Gasteiger partial charge is 0.295 e. The summed E-state index contributed by atoms with van der Waals surface area (Å²) < 4.78 is 1.60. The van der Waals surface area contributed by atoms with E-state index >= 15 is 0 Å². The highest BCUT2D eigenvalue weighted by molar-refractivity contribution is 5.59. The van der Waals surface area contributed by atoms with Gasteiger partial charge in [-0.3, -0.25) is 9.89 Å². The van der Waals surface area contributed by atoms with Crippen LogP contribution in [0.5, 0.6) is 0 Å². The summed E-state index contributed by atoms with van der Waals surface area (Å²) in [6.45, 7) is 6.20. The van der Waals surface area contributed by atoms with Crippen LogP contribution in [0.15, 0.2) is 28.6 Å². The zero-order valence-corrected chi connectivity index (χ0v) is 9.37. The number of H-pyrrole nitrogens is 1. The van der Waals surface area contributed by atoms with Crippen molar-refractivity contribution in [1.29, 1.82) is 0 Å². The van der Waals surface area contributed by atoms with Crippen LogP contribution >= 0.6 is 0 Å². The van der Waals surface area contributed by atoms with E-state index in [2.05, 4.69) is 31.1 Å². The van der Waals surface area contributed by atoms with Crippen LogP contribution in [0.1, 0.15) is 26.0 Å². The maximum atomic E-state index is 11.6. The highest BCUT2D eigenvalue weighted by Gasteiger charge is 2.12. The lowest BCUT2D eigenvalue weighted by Crippen LogP contribution is -2.16. The van der Waals surface area contributed by atoms with Crippen LogP contribution in [0.2, 0.25) is 0 Å². The van der Waals surface area contributed by atoms with Crippen LogP contribution in [-0.4, -0.2) is 9.78 Å². The van der Waals surface area contributed by atoms with Crippen LogP contribution in [0, 0.1) is 12.8 Å². The van der Waals surface area contributed by atoms with Crippen molar-refractivity contribution >= 4 is 5.70 Å². The third-order valence-corrected chi connectivity index (χ3v) is 2.94. The highest BCUT2D eigenvalue weighted by Crippen LogP contribution is 2.24. The molecule has 0 spiro atoms. The smallest absolute Gasteiger partial charge is 0.271 e. The first-order valence-electron chi connectivity index (χ1n) is 5.25. The van der Waals surface area contributed by atoms with Gasteiger partial charge < -0.3 is 0 Å². The minimum absolute atomic E-state index is 0.0114. The monoisotopic (exact) mass is 204 g/mol. The molecule has 3 nitrogen and oxygen atoms in total. The van der Waals surface area contributed by atoms with Gasteiger partial charge in [0.05, 0.1) is 5.70 Å². The number of rotatable bonds is 1. The van der Waals surface area contributed by atoms with Gasteiger partial charge in [-0.2, -0.15) is 0 Å². The number of aromatic nitrogens is 2. The summed E-state index contributed by atoms with van der Waals surface area (Å²) in [5, 5.41) is 3.04. The lowest BCUT2D eigenvalue weighted by molar-refractivity contribution is 0.679.